The average Bonchev–Trinajstić information content (AvgIpc) is 2.22. The lowest BCUT2D eigenvalue weighted by Gasteiger charge is -2.14. The van der Waals surface area contributed by atoms with Gasteiger partial charge in [0.05, 0.1) is 16.5 Å². The Kier molecular flexibility index (Phi) is 5.06. The Morgan fingerprint density at radius 3 is 2.62 bits per heavy atom. The molecule has 0 heterocycles. The van der Waals surface area contributed by atoms with Crippen LogP contribution in [0.1, 0.15) is 12.0 Å². The van der Waals surface area contributed by atoms with Gasteiger partial charge in [-0.15, -0.1) is 0 Å². The van der Waals surface area contributed by atoms with Crippen LogP contribution in [-0.4, -0.2) is 24.2 Å². The van der Waals surface area contributed by atoms with Crippen LogP contribution in [0, 0.1) is 0 Å². The largest absolute Gasteiger partial charge is 0.481 e. The molecule has 0 fully saturated rings. The molecule has 1 unspecified atom stereocenters. The number of likely N-dealkylation sites (N-methyl/N-ethyl adjacent to an activating group) is 1. The number of hydrogen-bond donors (Lipinski definition) is 2. The summed E-state index contributed by atoms with van der Waals surface area (Å²) in [7, 11) is 1.74. The van der Waals surface area contributed by atoms with Gasteiger partial charge in [0.25, 0.3) is 0 Å². The van der Waals surface area contributed by atoms with Crippen LogP contribution in [-0.2, 0) is 11.2 Å². The summed E-state index contributed by atoms with van der Waals surface area (Å²) in [4.78, 5) is 10.6. The average molecular weight is 262 g/mol. The van der Waals surface area contributed by atoms with Crippen molar-refractivity contribution >= 4 is 29.2 Å². The number of benzene rings is 1. The Balaban J connectivity index is 2.70. The highest BCUT2D eigenvalue weighted by atomic mass is 35.5. The second-order valence-corrected chi connectivity index (χ2v) is 4.35. The van der Waals surface area contributed by atoms with Crippen LogP contribution >= 0.6 is 23.2 Å². The molecule has 16 heavy (non-hydrogen) atoms. The van der Waals surface area contributed by atoms with Gasteiger partial charge >= 0.3 is 5.97 Å². The minimum absolute atomic E-state index is 0.0801. The molecule has 0 spiro atoms. The van der Waals surface area contributed by atoms with Crippen molar-refractivity contribution in [1.29, 1.82) is 0 Å². The quantitative estimate of drug-likeness (QED) is 0.857. The second kappa shape index (κ2) is 6.09. The van der Waals surface area contributed by atoms with Crippen LogP contribution in [0.25, 0.3) is 0 Å². The van der Waals surface area contributed by atoms with E-state index in [9.17, 15) is 4.79 Å². The van der Waals surface area contributed by atoms with Crippen molar-refractivity contribution in [2.45, 2.75) is 18.9 Å². The topological polar surface area (TPSA) is 49.3 Å². The fraction of sp³-hybridized carbons (Fsp3) is 0.364. The lowest BCUT2D eigenvalue weighted by Crippen LogP contribution is -2.30. The fourth-order valence-electron chi connectivity index (χ4n) is 1.44. The highest BCUT2D eigenvalue weighted by molar-refractivity contribution is 6.42. The van der Waals surface area contributed by atoms with Crippen LogP contribution in [0.5, 0.6) is 0 Å². The number of rotatable bonds is 5. The summed E-state index contributed by atoms with van der Waals surface area (Å²) < 4.78 is 0. The van der Waals surface area contributed by atoms with Gasteiger partial charge in [0.15, 0.2) is 0 Å². The molecule has 0 saturated carbocycles. The maximum absolute atomic E-state index is 10.6. The molecular formula is C11H13Cl2NO2. The van der Waals surface area contributed by atoms with Crippen LogP contribution in [0.2, 0.25) is 10.0 Å². The number of halogens is 2. The molecule has 0 aromatic heterocycles. The van der Waals surface area contributed by atoms with Crippen LogP contribution in [0.4, 0.5) is 0 Å². The summed E-state index contributed by atoms with van der Waals surface area (Å²) in [5, 5.41) is 12.7. The van der Waals surface area contributed by atoms with E-state index in [1.807, 2.05) is 6.07 Å². The summed E-state index contributed by atoms with van der Waals surface area (Å²) in [6.07, 6.45) is 0.691. The van der Waals surface area contributed by atoms with Crippen LogP contribution < -0.4 is 5.32 Å². The summed E-state index contributed by atoms with van der Waals surface area (Å²) in [5.74, 6) is -0.820. The van der Waals surface area contributed by atoms with Gasteiger partial charge in [0.1, 0.15) is 0 Å². The molecule has 2 N–H and O–H groups in total. The molecule has 0 aliphatic carbocycles. The lowest BCUT2D eigenvalue weighted by molar-refractivity contribution is -0.137. The number of carbonyl (C=O) groups is 1. The molecule has 0 aliphatic rings. The summed E-state index contributed by atoms with van der Waals surface area (Å²) in [5.41, 5.74) is 0.968. The summed E-state index contributed by atoms with van der Waals surface area (Å²) in [6, 6.07) is 5.22. The molecule has 0 radical (unpaired) electrons. The van der Waals surface area contributed by atoms with E-state index in [0.717, 1.165) is 5.56 Å². The van der Waals surface area contributed by atoms with E-state index in [1.54, 1.807) is 19.2 Å². The summed E-state index contributed by atoms with van der Waals surface area (Å²) in [6.45, 7) is 0. The Morgan fingerprint density at radius 1 is 1.44 bits per heavy atom. The zero-order valence-corrected chi connectivity index (χ0v) is 10.3. The number of carboxylic acids is 1. The van der Waals surface area contributed by atoms with E-state index < -0.39 is 5.97 Å². The van der Waals surface area contributed by atoms with E-state index in [4.69, 9.17) is 28.3 Å². The third-order valence-electron chi connectivity index (χ3n) is 2.30. The lowest BCUT2D eigenvalue weighted by atomic mass is 10.0. The van der Waals surface area contributed by atoms with E-state index in [-0.39, 0.29) is 12.5 Å². The van der Waals surface area contributed by atoms with Crippen LogP contribution in [0.15, 0.2) is 18.2 Å². The van der Waals surface area contributed by atoms with Gasteiger partial charge in [-0.05, 0) is 31.2 Å². The first-order valence-corrected chi connectivity index (χ1v) is 5.61. The molecule has 0 bridgehead atoms. The molecule has 88 valence electrons. The Hall–Kier alpha value is -0.770. The SMILES string of the molecule is CNC(CC(=O)O)Cc1ccc(Cl)c(Cl)c1. The first-order valence-electron chi connectivity index (χ1n) is 4.86. The third-order valence-corrected chi connectivity index (χ3v) is 3.03. The number of hydrogen-bond acceptors (Lipinski definition) is 2. The normalized spacial score (nSPS) is 12.4. The minimum atomic E-state index is -0.820. The molecule has 3 nitrogen and oxygen atoms in total. The summed E-state index contributed by atoms with van der Waals surface area (Å²) >= 11 is 11.7. The maximum atomic E-state index is 10.6. The Bertz CT molecular complexity index is 382. The van der Waals surface area contributed by atoms with Gasteiger partial charge in [-0.25, -0.2) is 0 Å². The molecule has 1 aromatic carbocycles. The maximum Gasteiger partial charge on any atom is 0.304 e. The standard InChI is InChI=1S/C11H13Cl2NO2/c1-14-8(6-11(15)16)4-7-2-3-9(12)10(13)5-7/h2-3,5,8,14H,4,6H2,1H3,(H,15,16). The van der Waals surface area contributed by atoms with Gasteiger partial charge < -0.3 is 10.4 Å². The molecule has 0 aliphatic heterocycles. The predicted molar refractivity (Wildman–Crippen MR) is 65.3 cm³/mol. The molecular weight excluding hydrogens is 249 g/mol. The first-order chi connectivity index (χ1) is 7.52. The molecule has 1 rings (SSSR count). The molecule has 0 saturated heterocycles. The number of carboxylic acid groups (broad SMARTS) is 1. The highest BCUT2D eigenvalue weighted by Gasteiger charge is 2.12. The monoisotopic (exact) mass is 261 g/mol. The predicted octanol–water partition coefficient (Wildman–Crippen LogP) is 2.60. The highest BCUT2D eigenvalue weighted by Crippen LogP contribution is 2.23. The van der Waals surface area contributed by atoms with Crippen molar-refractivity contribution in [3.63, 3.8) is 0 Å². The smallest absolute Gasteiger partial charge is 0.304 e. The van der Waals surface area contributed by atoms with Crippen molar-refractivity contribution < 1.29 is 9.90 Å². The van der Waals surface area contributed by atoms with E-state index in [1.165, 1.54) is 0 Å². The van der Waals surface area contributed by atoms with Gasteiger partial charge in [0.2, 0.25) is 0 Å². The molecule has 0 amide bonds. The zero-order chi connectivity index (χ0) is 12.1. The first kappa shape index (κ1) is 13.3. The van der Waals surface area contributed by atoms with E-state index in [2.05, 4.69) is 5.32 Å². The minimum Gasteiger partial charge on any atom is -0.481 e. The fourth-order valence-corrected chi connectivity index (χ4v) is 1.76. The van der Waals surface area contributed by atoms with Crippen molar-refractivity contribution in [2.75, 3.05) is 7.05 Å². The third kappa shape index (κ3) is 4.00. The Morgan fingerprint density at radius 2 is 2.12 bits per heavy atom. The molecule has 1 atom stereocenters. The van der Waals surface area contributed by atoms with Gasteiger partial charge in [-0.3, -0.25) is 4.79 Å². The van der Waals surface area contributed by atoms with Crippen molar-refractivity contribution in [3.8, 4) is 0 Å². The number of aliphatic carboxylic acids is 1. The molecule has 5 heteroatoms. The van der Waals surface area contributed by atoms with Gasteiger partial charge in [-0.2, -0.15) is 0 Å². The van der Waals surface area contributed by atoms with E-state index in [0.29, 0.717) is 16.5 Å². The van der Waals surface area contributed by atoms with Crippen molar-refractivity contribution in [2.24, 2.45) is 0 Å². The van der Waals surface area contributed by atoms with Gasteiger partial charge in [-0.1, -0.05) is 29.3 Å². The second-order valence-electron chi connectivity index (χ2n) is 3.54. The zero-order valence-electron chi connectivity index (χ0n) is 8.84. The Labute approximate surface area is 104 Å². The van der Waals surface area contributed by atoms with E-state index >= 15 is 0 Å². The van der Waals surface area contributed by atoms with Gasteiger partial charge in [0, 0.05) is 6.04 Å². The van der Waals surface area contributed by atoms with Crippen molar-refractivity contribution in [3.05, 3.63) is 33.8 Å². The van der Waals surface area contributed by atoms with Crippen molar-refractivity contribution in [1.82, 2.24) is 5.32 Å². The van der Waals surface area contributed by atoms with Crippen LogP contribution in [0.3, 0.4) is 0 Å². The molecule has 1 aromatic rings. The number of nitrogens with one attached hydrogen (secondary N) is 1.